The minimum absolute atomic E-state index is 0.0319. The molecule has 0 spiro atoms. The first-order valence-corrected chi connectivity index (χ1v) is 6.40. The molecule has 0 radical (unpaired) electrons. The maximum atomic E-state index is 11.6. The van der Waals surface area contributed by atoms with Gasteiger partial charge in [-0.05, 0) is 18.2 Å². The number of ether oxygens (including phenoxy) is 2. The molecular weight excluding hydrogens is 280 g/mol. The van der Waals surface area contributed by atoms with Crippen molar-refractivity contribution in [2.45, 2.75) is 0 Å². The maximum Gasteiger partial charge on any atom is 0.250 e. The van der Waals surface area contributed by atoms with E-state index in [1.807, 2.05) is 0 Å². The number of nitrogens with two attached hydrogens (primary N) is 1. The van der Waals surface area contributed by atoms with Crippen LogP contribution in [0.4, 0.5) is 5.69 Å². The van der Waals surface area contributed by atoms with Crippen LogP contribution in [0.2, 0.25) is 5.02 Å². The predicted octanol–water partition coefficient (Wildman–Crippen LogP) is 1.25. The highest BCUT2D eigenvalue weighted by molar-refractivity contribution is 6.31. The third-order valence-corrected chi connectivity index (χ3v) is 2.57. The zero-order valence-electron chi connectivity index (χ0n) is 11.2. The van der Waals surface area contributed by atoms with Crippen LogP contribution in [-0.2, 0) is 14.3 Å². The van der Waals surface area contributed by atoms with Crippen LogP contribution >= 0.6 is 11.6 Å². The van der Waals surface area contributed by atoms with Gasteiger partial charge < -0.3 is 20.5 Å². The Morgan fingerprint density at radius 2 is 2.25 bits per heavy atom. The highest BCUT2D eigenvalue weighted by Gasteiger charge is 2.04. The van der Waals surface area contributed by atoms with Crippen LogP contribution in [0.3, 0.4) is 0 Å². The topological polar surface area (TPSA) is 73.6 Å². The Bertz CT molecular complexity index is 509. The van der Waals surface area contributed by atoms with E-state index in [-0.39, 0.29) is 19.1 Å². The minimum atomic E-state index is -0.249. The van der Waals surface area contributed by atoms with Crippen LogP contribution in [0.25, 0.3) is 0 Å². The summed E-state index contributed by atoms with van der Waals surface area (Å²) in [4.78, 5) is 11.6. The fourth-order valence-electron chi connectivity index (χ4n) is 1.35. The zero-order chi connectivity index (χ0) is 14.8. The van der Waals surface area contributed by atoms with Gasteiger partial charge in [0.25, 0.3) is 0 Å². The fourth-order valence-corrected chi connectivity index (χ4v) is 1.51. The van der Waals surface area contributed by atoms with Crippen molar-refractivity contribution in [3.8, 4) is 11.8 Å². The van der Waals surface area contributed by atoms with E-state index in [1.165, 1.54) is 0 Å². The maximum absolute atomic E-state index is 11.6. The average Bonchev–Trinajstić information content (AvgIpc) is 2.44. The van der Waals surface area contributed by atoms with E-state index in [1.54, 1.807) is 25.3 Å². The standard InChI is InChI=1S/C14H17ClN2O3/c1-19-7-8-20-10-14(18)17-12-4-5-13(15)11(9-12)3-2-6-16/h4-5,9H,6-8,10,16H2,1H3,(H,17,18). The van der Waals surface area contributed by atoms with Crippen LogP contribution in [0.15, 0.2) is 18.2 Å². The molecule has 3 N–H and O–H groups in total. The first-order chi connectivity index (χ1) is 9.67. The lowest BCUT2D eigenvalue weighted by molar-refractivity contribution is -0.121. The Hall–Kier alpha value is -1.58. The van der Waals surface area contributed by atoms with E-state index in [0.717, 1.165) is 0 Å². The Morgan fingerprint density at radius 1 is 1.45 bits per heavy atom. The molecule has 1 aromatic rings. The number of hydrogen-bond acceptors (Lipinski definition) is 4. The van der Waals surface area contributed by atoms with Crippen molar-refractivity contribution in [1.82, 2.24) is 0 Å². The van der Waals surface area contributed by atoms with Crippen LogP contribution in [0.5, 0.6) is 0 Å². The van der Waals surface area contributed by atoms with Gasteiger partial charge >= 0.3 is 0 Å². The molecule has 0 unspecified atom stereocenters. The summed E-state index contributed by atoms with van der Waals surface area (Å²) in [6.07, 6.45) is 0. The number of methoxy groups -OCH3 is 1. The summed E-state index contributed by atoms with van der Waals surface area (Å²) in [6, 6.07) is 5.06. The van der Waals surface area contributed by atoms with E-state index in [9.17, 15) is 4.79 Å². The highest BCUT2D eigenvalue weighted by Crippen LogP contribution is 2.19. The molecule has 0 saturated carbocycles. The van der Waals surface area contributed by atoms with Crippen molar-refractivity contribution in [2.24, 2.45) is 5.73 Å². The smallest absolute Gasteiger partial charge is 0.250 e. The summed E-state index contributed by atoms with van der Waals surface area (Å²) in [7, 11) is 1.57. The van der Waals surface area contributed by atoms with Gasteiger partial charge in [-0.15, -0.1) is 0 Å². The minimum Gasteiger partial charge on any atom is -0.382 e. The Balaban J connectivity index is 2.57. The van der Waals surface area contributed by atoms with Crippen LogP contribution < -0.4 is 11.1 Å². The van der Waals surface area contributed by atoms with Crippen LogP contribution in [-0.4, -0.2) is 39.4 Å². The summed E-state index contributed by atoms with van der Waals surface area (Å²) in [5.41, 5.74) is 6.54. The van der Waals surface area contributed by atoms with Gasteiger partial charge in [0.05, 0.1) is 24.8 Å². The van der Waals surface area contributed by atoms with Gasteiger partial charge in [0, 0.05) is 18.4 Å². The number of carbonyl (C=O) groups is 1. The molecule has 1 aromatic carbocycles. The number of halogens is 1. The molecule has 0 fully saturated rings. The lowest BCUT2D eigenvalue weighted by Crippen LogP contribution is -2.19. The number of benzene rings is 1. The average molecular weight is 297 g/mol. The third kappa shape index (κ3) is 6.04. The first-order valence-electron chi connectivity index (χ1n) is 6.02. The van der Waals surface area contributed by atoms with E-state index < -0.39 is 0 Å². The number of rotatable bonds is 6. The molecule has 0 aliphatic carbocycles. The van der Waals surface area contributed by atoms with Gasteiger partial charge in [-0.2, -0.15) is 0 Å². The van der Waals surface area contributed by atoms with Crippen molar-refractivity contribution in [1.29, 1.82) is 0 Å². The number of hydrogen-bond donors (Lipinski definition) is 2. The van der Waals surface area contributed by atoms with Crippen molar-refractivity contribution < 1.29 is 14.3 Å². The van der Waals surface area contributed by atoms with E-state index in [0.29, 0.717) is 29.5 Å². The summed E-state index contributed by atoms with van der Waals surface area (Å²) in [5, 5.41) is 3.21. The first kappa shape index (κ1) is 16.5. The molecule has 0 atom stereocenters. The summed E-state index contributed by atoms with van der Waals surface area (Å²) >= 11 is 5.99. The number of amides is 1. The Kier molecular flexibility index (Phi) is 7.70. The van der Waals surface area contributed by atoms with Crippen molar-refractivity contribution in [3.63, 3.8) is 0 Å². The molecule has 0 heterocycles. The molecule has 0 aliphatic heterocycles. The second-order valence-electron chi connectivity index (χ2n) is 3.79. The van der Waals surface area contributed by atoms with E-state index >= 15 is 0 Å². The molecule has 1 amide bonds. The SMILES string of the molecule is COCCOCC(=O)Nc1ccc(Cl)c(C#CCN)c1. The van der Waals surface area contributed by atoms with Crippen molar-refractivity contribution >= 4 is 23.2 Å². The molecule has 108 valence electrons. The Morgan fingerprint density at radius 3 is 2.95 bits per heavy atom. The summed E-state index contributed by atoms with van der Waals surface area (Å²) in [6.45, 7) is 1.04. The summed E-state index contributed by atoms with van der Waals surface area (Å²) in [5.74, 6) is 5.31. The quantitative estimate of drug-likeness (QED) is 0.612. The van der Waals surface area contributed by atoms with Crippen LogP contribution in [0.1, 0.15) is 5.56 Å². The molecule has 20 heavy (non-hydrogen) atoms. The zero-order valence-corrected chi connectivity index (χ0v) is 12.0. The largest absolute Gasteiger partial charge is 0.382 e. The van der Waals surface area contributed by atoms with Crippen molar-refractivity contribution in [2.75, 3.05) is 38.8 Å². The molecule has 0 aromatic heterocycles. The lowest BCUT2D eigenvalue weighted by atomic mass is 10.2. The van der Waals surface area contributed by atoms with Gasteiger partial charge in [-0.25, -0.2) is 0 Å². The predicted molar refractivity (Wildman–Crippen MR) is 78.7 cm³/mol. The second kappa shape index (κ2) is 9.34. The Labute approximate surface area is 123 Å². The number of nitrogens with one attached hydrogen (secondary N) is 1. The lowest BCUT2D eigenvalue weighted by Gasteiger charge is -2.07. The summed E-state index contributed by atoms with van der Waals surface area (Å²) < 4.78 is 9.93. The van der Waals surface area contributed by atoms with E-state index in [4.69, 9.17) is 26.8 Å². The number of carbonyl (C=O) groups excluding carboxylic acids is 1. The van der Waals surface area contributed by atoms with Crippen LogP contribution in [0, 0.1) is 11.8 Å². The molecule has 5 nitrogen and oxygen atoms in total. The van der Waals surface area contributed by atoms with Gasteiger partial charge in [-0.3, -0.25) is 4.79 Å². The second-order valence-corrected chi connectivity index (χ2v) is 4.20. The fraction of sp³-hybridized carbons (Fsp3) is 0.357. The number of anilines is 1. The van der Waals surface area contributed by atoms with E-state index in [2.05, 4.69) is 17.2 Å². The monoisotopic (exact) mass is 296 g/mol. The van der Waals surface area contributed by atoms with Gasteiger partial charge in [0.2, 0.25) is 5.91 Å². The van der Waals surface area contributed by atoms with Gasteiger partial charge in [0.1, 0.15) is 6.61 Å². The molecule has 6 heteroatoms. The molecule has 0 bridgehead atoms. The van der Waals surface area contributed by atoms with Crippen molar-refractivity contribution in [3.05, 3.63) is 28.8 Å². The molecule has 1 rings (SSSR count). The van der Waals surface area contributed by atoms with Gasteiger partial charge in [0.15, 0.2) is 0 Å². The van der Waals surface area contributed by atoms with Gasteiger partial charge in [-0.1, -0.05) is 23.4 Å². The normalized spacial score (nSPS) is 9.75. The highest BCUT2D eigenvalue weighted by atomic mass is 35.5. The molecule has 0 aliphatic rings. The third-order valence-electron chi connectivity index (χ3n) is 2.24. The molecular formula is C14H17ClN2O3. The molecule has 0 saturated heterocycles.